The van der Waals surface area contributed by atoms with Crippen LogP contribution in [0.3, 0.4) is 0 Å². The zero-order chi connectivity index (χ0) is 78.1. The molecular formula is C87H170O17P2. The van der Waals surface area contributed by atoms with Gasteiger partial charge in [0.25, 0.3) is 0 Å². The largest absolute Gasteiger partial charge is 0.472 e. The Morgan fingerprint density at radius 1 is 0.236 bits per heavy atom. The van der Waals surface area contributed by atoms with E-state index in [0.717, 1.165) is 114 Å². The van der Waals surface area contributed by atoms with Crippen LogP contribution in [0.15, 0.2) is 0 Å². The number of aliphatic hydroxyl groups excluding tert-OH is 1. The summed E-state index contributed by atoms with van der Waals surface area (Å²) < 4.78 is 68.9. The number of esters is 4. The van der Waals surface area contributed by atoms with Crippen molar-refractivity contribution in [1.29, 1.82) is 0 Å². The van der Waals surface area contributed by atoms with Crippen LogP contribution in [0.2, 0.25) is 0 Å². The first-order valence-electron chi connectivity index (χ1n) is 44.7. The number of aliphatic hydroxyl groups is 1. The van der Waals surface area contributed by atoms with Gasteiger partial charge in [-0.25, -0.2) is 9.13 Å². The van der Waals surface area contributed by atoms with Gasteiger partial charge < -0.3 is 33.8 Å². The molecule has 0 aliphatic rings. The normalized spacial score (nSPS) is 13.9. The van der Waals surface area contributed by atoms with Gasteiger partial charge >= 0.3 is 39.5 Å². The molecule has 3 N–H and O–H groups in total. The van der Waals surface area contributed by atoms with Gasteiger partial charge in [0, 0.05) is 25.7 Å². The molecule has 0 aliphatic heterocycles. The van der Waals surface area contributed by atoms with E-state index in [4.69, 9.17) is 37.0 Å². The van der Waals surface area contributed by atoms with Gasteiger partial charge in [0.2, 0.25) is 0 Å². The number of unbranched alkanes of at least 4 members (excludes halogenated alkanes) is 50. The lowest BCUT2D eigenvalue weighted by Gasteiger charge is -2.21. The summed E-state index contributed by atoms with van der Waals surface area (Å²) in [6.45, 7) is 14.3. The highest BCUT2D eigenvalue weighted by molar-refractivity contribution is 7.47. The summed E-state index contributed by atoms with van der Waals surface area (Å²) in [5, 5.41) is 10.7. The van der Waals surface area contributed by atoms with Crippen LogP contribution in [0.1, 0.15) is 453 Å². The number of phosphoric ester groups is 2. The first kappa shape index (κ1) is 104. The van der Waals surface area contributed by atoms with Gasteiger partial charge in [-0.05, 0) is 49.4 Å². The average molecular weight is 1550 g/mol. The van der Waals surface area contributed by atoms with Crippen LogP contribution in [0.5, 0.6) is 0 Å². The molecule has 0 aromatic carbocycles. The van der Waals surface area contributed by atoms with Crippen LogP contribution in [0.25, 0.3) is 0 Å². The maximum absolute atomic E-state index is 13.2. The topological polar surface area (TPSA) is 237 Å². The highest BCUT2D eigenvalue weighted by Gasteiger charge is 2.31. The number of carbonyl (C=O) groups excluding carboxylic acids is 4. The first-order chi connectivity index (χ1) is 51.1. The minimum atomic E-state index is -4.97. The van der Waals surface area contributed by atoms with E-state index in [1.54, 1.807) is 0 Å². The third-order valence-corrected chi connectivity index (χ3v) is 22.2. The average Bonchev–Trinajstić information content (AvgIpc) is 0.903. The van der Waals surface area contributed by atoms with Gasteiger partial charge in [0.15, 0.2) is 12.2 Å². The van der Waals surface area contributed by atoms with Crippen molar-refractivity contribution in [1.82, 2.24) is 0 Å². The van der Waals surface area contributed by atoms with Crippen molar-refractivity contribution in [3.63, 3.8) is 0 Å². The van der Waals surface area contributed by atoms with Gasteiger partial charge in [0.05, 0.1) is 26.4 Å². The zero-order valence-corrected chi connectivity index (χ0v) is 71.9. The number of hydrogen-bond acceptors (Lipinski definition) is 15. The van der Waals surface area contributed by atoms with E-state index in [-0.39, 0.29) is 25.7 Å². The molecule has 19 heteroatoms. The van der Waals surface area contributed by atoms with E-state index in [1.165, 1.54) is 257 Å². The summed E-state index contributed by atoms with van der Waals surface area (Å²) >= 11 is 0. The van der Waals surface area contributed by atoms with Crippen LogP contribution in [-0.2, 0) is 65.4 Å². The van der Waals surface area contributed by atoms with E-state index in [0.29, 0.717) is 25.7 Å². The Hall–Kier alpha value is -1.94. The molecule has 106 heavy (non-hydrogen) atoms. The maximum Gasteiger partial charge on any atom is 0.472 e. The maximum atomic E-state index is 13.2. The molecule has 0 aromatic heterocycles. The predicted octanol–water partition coefficient (Wildman–Crippen LogP) is 26.3. The molecule has 17 nitrogen and oxygen atoms in total. The van der Waals surface area contributed by atoms with E-state index in [9.17, 15) is 43.2 Å². The number of rotatable bonds is 84. The second-order valence-corrected chi connectivity index (χ2v) is 36.1. The lowest BCUT2D eigenvalue weighted by Crippen LogP contribution is -2.30. The van der Waals surface area contributed by atoms with Crippen LogP contribution in [0.4, 0.5) is 0 Å². The Morgan fingerprint density at radius 3 is 0.585 bits per heavy atom. The highest BCUT2D eigenvalue weighted by atomic mass is 31.2. The highest BCUT2D eigenvalue weighted by Crippen LogP contribution is 2.45. The Balaban J connectivity index is 5.24. The van der Waals surface area contributed by atoms with E-state index in [2.05, 4.69) is 55.4 Å². The number of phosphoric acid groups is 2. The lowest BCUT2D eigenvalue weighted by atomic mass is 10.0. The summed E-state index contributed by atoms with van der Waals surface area (Å²) in [5.74, 6) is 1.03. The third kappa shape index (κ3) is 80.1. The van der Waals surface area contributed by atoms with Crippen molar-refractivity contribution < 1.29 is 80.2 Å². The van der Waals surface area contributed by atoms with Gasteiger partial charge in [-0.2, -0.15) is 0 Å². The van der Waals surface area contributed by atoms with Crippen molar-refractivity contribution in [2.75, 3.05) is 39.6 Å². The SMILES string of the molecule is CC(C)CCCCCCCCCCCCCCCCCCCCC(=O)O[C@H](COC(=O)CCCCCCCCCCCCCCCCC(C)C)COP(=O)(O)OC[C@@H](O)COP(=O)(O)OC[C@@H](COC(=O)CCCCCCCCCCC(C)C)OC(=O)CCCCCCCCCCCCCCCCC(C)C. The summed E-state index contributed by atoms with van der Waals surface area (Å²) in [5.41, 5.74) is 0. The van der Waals surface area contributed by atoms with E-state index >= 15 is 0 Å². The third-order valence-electron chi connectivity index (χ3n) is 20.3. The summed E-state index contributed by atoms with van der Waals surface area (Å²) in [4.78, 5) is 73.3. The molecule has 2 unspecified atom stereocenters. The number of carbonyl (C=O) groups is 4. The molecule has 0 spiro atoms. The molecular weight excluding hydrogens is 1380 g/mol. The molecule has 0 aromatic rings. The van der Waals surface area contributed by atoms with Crippen LogP contribution < -0.4 is 0 Å². The number of hydrogen-bond donors (Lipinski definition) is 3. The predicted molar refractivity (Wildman–Crippen MR) is 437 cm³/mol. The summed E-state index contributed by atoms with van der Waals surface area (Å²) in [7, 11) is -9.93. The monoisotopic (exact) mass is 1550 g/mol. The van der Waals surface area contributed by atoms with Gasteiger partial charge in [-0.1, -0.05) is 402 Å². The van der Waals surface area contributed by atoms with E-state index in [1.807, 2.05) is 0 Å². The van der Waals surface area contributed by atoms with Gasteiger partial charge in [-0.15, -0.1) is 0 Å². The fourth-order valence-electron chi connectivity index (χ4n) is 13.5. The van der Waals surface area contributed by atoms with Crippen molar-refractivity contribution in [2.24, 2.45) is 23.7 Å². The lowest BCUT2D eigenvalue weighted by molar-refractivity contribution is -0.161. The molecule has 0 amide bonds. The zero-order valence-electron chi connectivity index (χ0n) is 70.1. The Kier molecular flexibility index (Phi) is 74.3. The smallest absolute Gasteiger partial charge is 0.462 e. The van der Waals surface area contributed by atoms with Crippen molar-refractivity contribution in [3.05, 3.63) is 0 Å². The van der Waals surface area contributed by atoms with Crippen LogP contribution in [0, 0.1) is 23.7 Å². The molecule has 0 saturated heterocycles. The Labute approximate surface area is 651 Å². The van der Waals surface area contributed by atoms with Crippen LogP contribution >= 0.6 is 15.6 Å². The fraction of sp³-hybridized carbons (Fsp3) is 0.954. The fourth-order valence-corrected chi connectivity index (χ4v) is 15.1. The van der Waals surface area contributed by atoms with Crippen molar-refractivity contribution >= 4 is 39.5 Å². The molecule has 0 heterocycles. The Morgan fingerprint density at radius 2 is 0.396 bits per heavy atom. The molecule has 0 aliphatic carbocycles. The van der Waals surface area contributed by atoms with Crippen molar-refractivity contribution in [3.8, 4) is 0 Å². The first-order valence-corrected chi connectivity index (χ1v) is 47.7. The minimum Gasteiger partial charge on any atom is -0.462 e. The van der Waals surface area contributed by atoms with Gasteiger partial charge in [0.1, 0.15) is 19.3 Å². The van der Waals surface area contributed by atoms with Crippen molar-refractivity contribution in [2.45, 2.75) is 472 Å². The molecule has 5 atom stereocenters. The molecule has 0 fully saturated rings. The standard InChI is InChI=1S/C87H170O17P2/c1-77(2)63-55-47-39-31-25-19-13-11-9-10-12-14-23-29-35-45-53-61-69-86(91)103-82(73-97-84(89)67-59-51-43-34-28-22-17-15-20-26-32-40-48-56-64-78(3)4)75-101-105(93,94)99-71-81(88)72-100-106(95,96)102-76-83(74-98-85(90)68-60-52-44-38-37-42-50-58-66-80(7)8)104-87(92)70-62-54-46-36-30-24-18-16-21-27-33-41-49-57-65-79(5)6/h77-83,88H,9-76H2,1-8H3,(H,93,94)(H,95,96)/t81-,82-,83-/m1/s1. The second-order valence-electron chi connectivity index (χ2n) is 33.2. The van der Waals surface area contributed by atoms with E-state index < -0.39 is 97.5 Å². The van der Waals surface area contributed by atoms with Crippen LogP contribution in [-0.4, -0.2) is 96.7 Å². The Bertz CT molecular complexity index is 2060. The molecule has 0 rings (SSSR count). The van der Waals surface area contributed by atoms with Gasteiger partial charge in [-0.3, -0.25) is 37.3 Å². The summed E-state index contributed by atoms with van der Waals surface area (Å²) in [6.07, 6.45) is 65.3. The number of ether oxygens (including phenoxy) is 4. The quantitative estimate of drug-likeness (QED) is 0.0222. The molecule has 0 saturated carbocycles. The minimum absolute atomic E-state index is 0.107. The molecule has 0 bridgehead atoms. The summed E-state index contributed by atoms with van der Waals surface area (Å²) in [6, 6.07) is 0. The second kappa shape index (κ2) is 75.7. The molecule has 0 radical (unpaired) electrons. The molecule has 630 valence electrons.